The molecule has 1 aromatic rings. The van der Waals surface area contributed by atoms with Crippen molar-refractivity contribution in [2.24, 2.45) is 0 Å². The van der Waals surface area contributed by atoms with E-state index in [2.05, 4.69) is 5.32 Å². The van der Waals surface area contributed by atoms with Gasteiger partial charge in [0.1, 0.15) is 11.5 Å². The standard InChI is InChI=1S/C13H16N2O4/c1-18-11-3-4-12(10(7-11)8-16)19-9-13(17)15-6-2-5-14/h3-4,7,16H,2,6,8-9H2,1H3,(H,15,17). The fraction of sp³-hybridized carbons (Fsp3) is 0.385. The largest absolute Gasteiger partial charge is 0.497 e. The van der Waals surface area contributed by atoms with Crippen molar-refractivity contribution in [1.29, 1.82) is 5.26 Å². The van der Waals surface area contributed by atoms with E-state index in [9.17, 15) is 9.90 Å². The molecule has 0 heterocycles. The Labute approximate surface area is 111 Å². The maximum atomic E-state index is 11.4. The molecular formula is C13H16N2O4. The van der Waals surface area contributed by atoms with Crippen molar-refractivity contribution in [3.63, 3.8) is 0 Å². The number of nitriles is 1. The highest BCUT2D eigenvalue weighted by molar-refractivity contribution is 5.77. The second-order valence-electron chi connectivity index (χ2n) is 3.68. The van der Waals surface area contributed by atoms with E-state index in [0.29, 0.717) is 23.6 Å². The SMILES string of the molecule is COc1ccc(OCC(=O)NCCC#N)c(CO)c1. The quantitative estimate of drug-likeness (QED) is 0.703. The van der Waals surface area contributed by atoms with E-state index in [-0.39, 0.29) is 25.5 Å². The summed E-state index contributed by atoms with van der Waals surface area (Å²) in [6.45, 7) is -0.0680. The van der Waals surface area contributed by atoms with E-state index >= 15 is 0 Å². The summed E-state index contributed by atoms with van der Waals surface area (Å²) < 4.78 is 10.3. The Bertz CT molecular complexity index is 468. The lowest BCUT2D eigenvalue weighted by Gasteiger charge is -2.11. The Morgan fingerprint density at radius 3 is 2.95 bits per heavy atom. The molecule has 2 N–H and O–H groups in total. The van der Waals surface area contributed by atoms with Gasteiger partial charge < -0.3 is 19.9 Å². The van der Waals surface area contributed by atoms with Crippen LogP contribution in [0, 0.1) is 11.3 Å². The number of hydrogen-bond donors (Lipinski definition) is 2. The Morgan fingerprint density at radius 2 is 2.32 bits per heavy atom. The van der Waals surface area contributed by atoms with Gasteiger partial charge in [0.15, 0.2) is 6.61 Å². The average Bonchev–Trinajstić information content (AvgIpc) is 2.45. The zero-order valence-corrected chi connectivity index (χ0v) is 10.7. The second-order valence-corrected chi connectivity index (χ2v) is 3.68. The summed E-state index contributed by atoms with van der Waals surface area (Å²) in [6.07, 6.45) is 0.260. The number of aliphatic hydroxyl groups excluding tert-OH is 1. The lowest BCUT2D eigenvalue weighted by molar-refractivity contribution is -0.123. The van der Waals surface area contributed by atoms with Crippen LogP contribution in [-0.4, -0.2) is 31.3 Å². The van der Waals surface area contributed by atoms with Gasteiger partial charge in [-0.1, -0.05) is 0 Å². The van der Waals surface area contributed by atoms with Crippen LogP contribution in [0.15, 0.2) is 18.2 Å². The molecule has 0 fully saturated rings. The molecule has 0 radical (unpaired) electrons. The number of aliphatic hydroxyl groups is 1. The van der Waals surface area contributed by atoms with Gasteiger partial charge in [0, 0.05) is 12.1 Å². The molecule has 0 aromatic heterocycles. The minimum atomic E-state index is -0.310. The summed E-state index contributed by atoms with van der Waals surface area (Å²) in [5.41, 5.74) is 0.546. The van der Waals surface area contributed by atoms with Crippen LogP contribution in [0.25, 0.3) is 0 Å². The Morgan fingerprint density at radius 1 is 1.53 bits per heavy atom. The molecule has 0 atom stereocenters. The van der Waals surface area contributed by atoms with Crippen LogP contribution < -0.4 is 14.8 Å². The lowest BCUT2D eigenvalue weighted by atomic mass is 10.2. The number of amides is 1. The van der Waals surface area contributed by atoms with Crippen molar-refractivity contribution in [2.75, 3.05) is 20.3 Å². The molecule has 6 nitrogen and oxygen atoms in total. The highest BCUT2D eigenvalue weighted by Gasteiger charge is 2.07. The first kappa shape index (κ1) is 14.8. The smallest absolute Gasteiger partial charge is 0.257 e. The summed E-state index contributed by atoms with van der Waals surface area (Å²) >= 11 is 0. The van der Waals surface area contributed by atoms with Crippen LogP contribution in [0.4, 0.5) is 0 Å². The van der Waals surface area contributed by atoms with Crippen LogP contribution in [0.3, 0.4) is 0 Å². The fourth-order valence-electron chi connectivity index (χ4n) is 1.40. The number of carbonyl (C=O) groups is 1. The molecule has 102 valence electrons. The molecule has 19 heavy (non-hydrogen) atoms. The summed E-state index contributed by atoms with van der Waals surface area (Å²) in [5, 5.41) is 20.1. The van der Waals surface area contributed by atoms with Gasteiger partial charge in [0.25, 0.3) is 5.91 Å². The second kappa shape index (κ2) is 7.95. The van der Waals surface area contributed by atoms with Gasteiger partial charge in [-0.15, -0.1) is 0 Å². The van der Waals surface area contributed by atoms with E-state index in [1.54, 1.807) is 18.2 Å². The van der Waals surface area contributed by atoms with Crippen LogP contribution in [0.1, 0.15) is 12.0 Å². The maximum absolute atomic E-state index is 11.4. The first-order chi connectivity index (χ1) is 9.21. The lowest BCUT2D eigenvalue weighted by Crippen LogP contribution is -2.29. The van der Waals surface area contributed by atoms with Gasteiger partial charge in [-0.05, 0) is 18.2 Å². The molecule has 0 saturated heterocycles. The van der Waals surface area contributed by atoms with Crippen LogP contribution in [0.5, 0.6) is 11.5 Å². The third-order valence-electron chi connectivity index (χ3n) is 2.36. The number of hydrogen-bond acceptors (Lipinski definition) is 5. The summed E-state index contributed by atoms with van der Waals surface area (Å²) in [4.78, 5) is 11.4. The van der Waals surface area contributed by atoms with Gasteiger partial charge in [-0.25, -0.2) is 0 Å². The number of rotatable bonds is 7. The highest BCUT2D eigenvalue weighted by atomic mass is 16.5. The van der Waals surface area contributed by atoms with Gasteiger partial charge in [-0.3, -0.25) is 4.79 Å². The monoisotopic (exact) mass is 264 g/mol. The van der Waals surface area contributed by atoms with Crippen molar-refractivity contribution in [3.05, 3.63) is 23.8 Å². The van der Waals surface area contributed by atoms with Crippen LogP contribution in [-0.2, 0) is 11.4 Å². The molecule has 0 unspecified atom stereocenters. The molecule has 0 spiro atoms. The van der Waals surface area contributed by atoms with Gasteiger partial charge in [0.2, 0.25) is 0 Å². The summed E-state index contributed by atoms with van der Waals surface area (Å²) in [5.74, 6) is 0.726. The molecule has 0 aliphatic carbocycles. The number of nitrogens with zero attached hydrogens (tertiary/aromatic N) is 1. The number of methoxy groups -OCH3 is 1. The Balaban J connectivity index is 2.53. The Kier molecular flexibility index (Phi) is 6.19. The average molecular weight is 264 g/mol. The molecule has 0 saturated carbocycles. The van der Waals surface area contributed by atoms with Crippen molar-refractivity contribution < 1.29 is 19.4 Å². The zero-order chi connectivity index (χ0) is 14.1. The van der Waals surface area contributed by atoms with Gasteiger partial charge in [-0.2, -0.15) is 5.26 Å². The first-order valence-electron chi connectivity index (χ1n) is 5.75. The predicted octanol–water partition coefficient (Wildman–Crippen LogP) is 0.596. The molecule has 6 heteroatoms. The third-order valence-corrected chi connectivity index (χ3v) is 2.36. The van der Waals surface area contributed by atoms with Gasteiger partial charge in [0.05, 0.1) is 26.2 Å². The number of ether oxygens (including phenoxy) is 2. The minimum Gasteiger partial charge on any atom is -0.497 e. The van der Waals surface area contributed by atoms with Crippen molar-refractivity contribution in [1.82, 2.24) is 5.32 Å². The number of carbonyl (C=O) groups excluding carboxylic acids is 1. The topological polar surface area (TPSA) is 91.6 Å². The molecule has 1 amide bonds. The van der Waals surface area contributed by atoms with E-state index in [1.807, 2.05) is 6.07 Å². The normalized spacial score (nSPS) is 9.53. The Hall–Kier alpha value is -2.26. The van der Waals surface area contributed by atoms with Crippen LogP contribution in [0.2, 0.25) is 0 Å². The van der Waals surface area contributed by atoms with Gasteiger partial charge >= 0.3 is 0 Å². The van der Waals surface area contributed by atoms with E-state index in [0.717, 1.165) is 0 Å². The molecule has 1 rings (SSSR count). The third kappa shape index (κ3) is 4.85. The molecule has 1 aromatic carbocycles. The van der Waals surface area contributed by atoms with Crippen molar-refractivity contribution >= 4 is 5.91 Å². The maximum Gasteiger partial charge on any atom is 0.257 e. The number of benzene rings is 1. The molecule has 0 aliphatic rings. The summed E-state index contributed by atoms with van der Waals surface area (Å²) in [6, 6.07) is 6.88. The summed E-state index contributed by atoms with van der Waals surface area (Å²) in [7, 11) is 1.53. The molecule has 0 aliphatic heterocycles. The van der Waals surface area contributed by atoms with Crippen molar-refractivity contribution in [3.8, 4) is 17.6 Å². The van der Waals surface area contributed by atoms with Crippen molar-refractivity contribution in [2.45, 2.75) is 13.0 Å². The van der Waals surface area contributed by atoms with E-state index in [1.165, 1.54) is 7.11 Å². The fourth-order valence-corrected chi connectivity index (χ4v) is 1.40. The molecular weight excluding hydrogens is 248 g/mol. The zero-order valence-electron chi connectivity index (χ0n) is 10.7. The number of nitrogens with one attached hydrogen (secondary N) is 1. The molecule has 0 bridgehead atoms. The van der Waals surface area contributed by atoms with Crippen LogP contribution >= 0.6 is 0 Å². The minimum absolute atomic E-state index is 0.162. The predicted molar refractivity (Wildman–Crippen MR) is 67.7 cm³/mol. The first-order valence-corrected chi connectivity index (χ1v) is 5.75. The highest BCUT2D eigenvalue weighted by Crippen LogP contribution is 2.24. The van der Waals surface area contributed by atoms with E-state index < -0.39 is 0 Å². The van der Waals surface area contributed by atoms with E-state index in [4.69, 9.17) is 14.7 Å².